The van der Waals surface area contributed by atoms with E-state index in [0.29, 0.717) is 39.4 Å². The van der Waals surface area contributed by atoms with E-state index >= 15 is 0 Å². The summed E-state index contributed by atoms with van der Waals surface area (Å²) >= 11 is 0. The number of aryl methyl sites for hydroxylation is 1. The van der Waals surface area contributed by atoms with Crippen LogP contribution in [0.4, 0.5) is 10.2 Å². The highest BCUT2D eigenvalue weighted by atomic mass is 19.1. The third-order valence-electron chi connectivity index (χ3n) is 4.46. The van der Waals surface area contributed by atoms with E-state index in [2.05, 4.69) is 20.1 Å². The lowest BCUT2D eigenvalue weighted by molar-refractivity contribution is 0.413. The van der Waals surface area contributed by atoms with Crippen molar-refractivity contribution in [3.63, 3.8) is 0 Å². The number of nitrogens with zero attached hydrogens (tertiary/aromatic N) is 4. The van der Waals surface area contributed by atoms with E-state index < -0.39 is 5.82 Å². The third-order valence-corrected chi connectivity index (χ3v) is 4.46. The smallest absolute Gasteiger partial charge is 0.198 e. The lowest BCUT2D eigenvalue weighted by atomic mass is 10.0. The number of fused-ring (bicyclic) bond motifs is 1. The fourth-order valence-electron chi connectivity index (χ4n) is 3.20. The minimum atomic E-state index is -0.439. The summed E-state index contributed by atoms with van der Waals surface area (Å²) in [6.07, 6.45) is 3.33. The van der Waals surface area contributed by atoms with Crippen molar-refractivity contribution in [2.45, 2.75) is 6.92 Å². The maximum Gasteiger partial charge on any atom is 0.198 e. The summed E-state index contributed by atoms with van der Waals surface area (Å²) < 4.78 is 21.4. The molecule has 0 aliphatic heterocycles. The quantitative estimate of drug-likeness (QED) is 0.526. The van der Waals surface area contributed by atoms with Gasteiger partial charge in [-0.05, 0) is 25.1 Å². The topological polar surface area (TPSA) is 88.3 Å². The molecule has 3 heterocycles. The summed E-state index contributed by atoms with van der Waals surface area (Å²) in [5, 5.41) is 15.3. The fraction of sp³-hybridized carbons (Fsp3) is 0.150. The second-order valence-corrected chi connectivity index (χ2v) is 6.33. The number of rotatable bonds is 4. The Hall–Kier alpha value is -3.68. The van der Waals surface area contributed by atoms with Gasteiger partial charge in [-0.2, -0.15) is 5.10 Å². The van der Waals surface area contributed by atoms with Crippen LogP contribution >= 0.6 is 0 Å². The molecule has 0 aliphatic rings. The van der Waals surface area contributed by atoms with Crippen LogP contribution in [0.3, 0.4) is 0 Å². The van der Waals surface area contributed by atoms with Gasteiger partial charge in [-0.1, -0.05) is 6.07 Å². The molecule has 142 valence electrons. The summed E-state index contributed by atoms with van der Waals surface area (Å²) in [5.41, 5.74) is 2.35. The van der Waals surface area contributed by atoms with Crippen molar-refractivity contribution in [1.29, 1.82) is 0 Å². The van der Waals surface area contributed by atoms with E-state index in [1.165, 1.54) is 13.2 Å². The average Bonchev–Trinajstić information content (AvgIpc) is 3.22. The second kappa shape index (κ2) is 6.80. The molecule has 7 nitrogen and oxygen atoms in total. The molecule has 0 saturated heterocycles. The summed E-state index contributed by atoms with van der Waals surface area (Å²) in [7, 11) is 3.28. The molecule has 1 aromatic carbocycles. The average molecular weight is 379 g/mol. The first-order valence-corrected chi connectivity index (χ1v) is 8.57. The van der Waals surface area contributed by atoms with Crippen LogP contribution in [0.25, 0.3) is 22.2 Å². The maximum atomic E-state index is 14.5. The number of halogens is 1. The Labute approximate surface area is 160 Å². The predicted octanol–water partition coefficient (Wildman–Crippen LogP) is 3.96. The maximum absolute atomic E-state index is 14.5. The minimum absolute atomic E-state index is 0.0355. The first-order valence-electron chi connectivity index (χ1n) is 8.57. The van der Waals surface area contributed by atoms with Gasteiger partial charge in [0.25, 0.3) is 0 Å². The van der Waals surface area contributed by atoms with Crippen LogP contribution in [-0.2, 0) is 7.05 Å². The van der Waals surface area contributed by atoms with Crippen LogP contribution in [0.2, 0.25) is 0 Å². The minimum Gasteiger partial charge on any atom is -0.496 e. The normalized spacial score (nSPS) is 11.9. The Kier molecular flexibility index (Phi) is 4.31. The molecule has 0 bridgehead atoms. The van der Waals surface area contributed by atoms with Gasteiger partial charge < -0.3 is 14.8 Å². The second-order valence-electron chi connectivity index (χ2n) is 6.33. The molecule has 0 unspecified atom stereocenters. The number of nitrogens with one attached hydrogen (secondary N) is 1. The van der Waals surface area contributed by atoms with Gasteiger partial charge in [0, 0.05) is 24.7 Å². The van der Waals surface area contributed by atoms with Crippen LogP contribution in [0, 0.1) is 5.82 Å². The van der Waals surface area contributed by atoms with Crippen molar-refractivity contribution in [2.75, 3.05) is 7.11 Å². The van der Waals surface area contributed by atoms with E-state index in [1.807, 2.05) is 0 Å². The molecule has 0 amide bonds. The molecular formula is C20H18FN5O2. The van der Waals surface area contributed by atoms with Crippen molar-refractivity contribution in [3.8, 4) is 22.9 Å². The Morgan fingerprint density at radius 2 is 2.14 bits per heavy atom. The lowest BCUT2D eigenvalue weighted by Crippen LogP contribution is -1.96. The fourth-order valence-corrected chi connectivity index (χ4v) is 3.20. The number of ether oxygens (including phenoxy) is 1. The molecule has 4 rings (SSSR count). The standard InChI is InChI=1S/C20H18FN5O2/c1-11(23-17-7-8-26(2)25-17)18-12-9-14(22-10-15(12)24-20(18)27)19-13(21)5-4-6-16(19)28-3/h4-10,24,27H,1-3H3. The molecule has 0 aliphatic carbocycles. The number of aromatic amines is 1. The Morgan fingerprint density at radius 3 is 2.86 bits per heavy atom. The van der Waals surface area contributed by atoms with E-state index in [-0.39, 0.29) is 11.4 Å². The number of aromatic hydroxyl groups is 1. The van der Waals surface area contributed by atoms with E-state index in [9.17, 15) is 9.50 Å². The lowest BCUT2D eigenvalue weighted by Gasteiger charge is -2.09. The van der Waals surface area contributed by atoms with Crippen molar-refractivity contribution in [1.82, 2.24) is 19.7 Å². The Balaban J connectivity index is 1.89. The summed E-state index contributed by atoms with van der Waals surface area (Å²) in [6.45, 7) is 1.78. The van der Waals surface area contributed by atoms with E-state index in [0.717, 1.165) is 0 Å². The van der Waals surface area contributed by atoms with Crippen LogP contribution in [0.1, 0.15) is 12.5 Å². The zero-order valence-electron chi connectivity index (χ0n) is 15.6. The molecule has 0 spiro atoms. The van der Waals surface area contributed by atoms with Gasteiger partial charge in [-0.25, -0.2) is 9.38 Å². The van der Waals surface area contributed by atoms with E-state index in [1.54, 1.807) is 55.3 Å². The predicted molar refractivity (Wildman–Crippen MR) is 105 cm³/mol. The molecule has 0 atom stereocenters. The van der Waals surface area contributed by atoms with Gasteiger partial charge in [-0.3, -0.25) is 9.67 Å². The van der Waals surface area contributed by atoms with Gasteiger partial charge in [0.1, 0.15) is 11.6 Å². The van der Waals surface area contributed by atoms with Crippen molar-refractivity contribution in [2.24, 2.45) is 12.0 Å². The van der Waals surface area contributed by atoms with Crippen LogP contribution in [-0.4, -0.2) is 37.7 Å². The van der Waals surface area contributed by atoms with Gasteiger partial charge >= 0.3 is 0 Å². The molecule has 0 fully saturated rings. The zero-order valence-corrected chi connectivity index (χ0v) is 15.6. The first kappa shape index (κ1) is 17.7. The summed E-state index contributed by atoms with van der Waals surface area (Å²) in [4.78, 5) is 11.7. The SMILES string of the molecule is COc1cccc(F)c1-c1cc2c(C(C)=Nc3ccn(C)n3)c(O)[nH]c2cn1. The van der Waals surface area contributed by atoms with Gasteiger partial charge in [-0.15, -0.1) is 0 Å². The monoisotopic (exact) mass is 379 g/mol. The zero-order chi connectivity index (χ0) is 19.8. The van der Waals surface area contributed by atoms with E-state index in [4.69, 9.17) is 4.74 Å². The third kappa shape index (κ3) is 2.98. The number of hydrogen-bond acceptors (Lipinski definition) is 5. The molecule has 0 radical (unpaired) electrons. The molecule has 28 heavy (non-hydrogen) atoms. The number of benzene rings is 1. The van der Waals surface area contributed by atoms with Crippen molar-refractivity contribution >= 4 is 22.4 Å². The molecule has 3 aromatic heterocycles. The number of pyridine rings is 1. The van der Waals surface area contributed by atoms with Crippen LogP contribution in [0.5, 0.6) is 11.6 Å². The van der Waals surface area contributed by atoms with Crippen LogP contribution < -0.4 is 4.74 Å². The van der Waals surface area contributed by atoms with Gasteiger partial charge in [0.05, 0.1) is 41.4 Å². The number of hydrogen-bond donors (Lipinski definition) is 2. The number of aromatic nitrogens is 4. The highest BCUT2D eigenvalue weighted by molar-refractivity contribution is 6.13. The number of H-pyrrole nitrogens is 1. The molecule has 0 saturated carbocycles. The highest BCUT2D eigenvalue weighted by Gasteiger charge is 2.18. The molecule has 2 N–H and O–H groups in total. The summed E-state index contributed by atoms with van der Waals surface area (Å²) in [6, 6.07) is 8.08. The first-order chi connectivity index (χ1) is 13.5. The Morgan fingerprint density at radius 1 is 1.32 bits per heavy atom. The molecular weight excluding hydrogens is 361 g/mol. The molecule has 4 aromatic rings. The molecule has 8 heteroatoms. The van der Waals surface area contributed by atoms with Gasteiger partial charge in [0.2, 0.25) is 0 Å². The largest absolute Gasteiger partial charge is 0.496 e. The highest BCUT2D eigenvalue weighted by Crippen LogP contribution is 2.35. The van der Waals surface area contributed by atoms with Crippen molar-refractivity contribution in [3.05, 3.63) is 54.1 Å². The Bertz CT molecular complexity index is 1210. The number of methoxy groups -OCH3 is 1. The summed E-state index contributed by atoms with van der Waals surface area (Å²) in [5.74, 6) is 0.434. The number of aliphatic imine (C=N–C) groups is 1. The van der Waals surface area contributed by atoms with Crippen molar-refractivity contribution < 1.29 is 14.2 Å². The van der Waals surface area contributed by atoms with Crippen LogP contribution in [0.15, 0.2) is 47.7 Å². The van der Waals surface area contributed by atoms with Gasteiger partial charge in [0.15, 0.2) is 11.7 Å².